The van der Waals surface area contributed by atoms with E-state index in [0.29, 0.717) is 59.1 Å². The normalized spacial score (nSPS) is 18.1. The number of aromatic nitrogens is 5. The van der Waals surface area contributed by atoms with E-state index in [1.807, 2.05) is 25.1 Å². The van der Waals surface area contributed by atoms with Gasteiger partial charge in [0.25, 0.3) is 0 Å². The Morgan fingerprint density at radius 3 is 2.84 bits per heavy atom. The predicted octanol–water partition coefficient (Wildman–Crippen LogP) is 4.48. The molecule has 2 atom stereocenters. The average molecular weight is 551 g/mol. The fraction of sp³-hybridized carbons (Fsp3) is 0.346. The molecule has 1 aromatic carbocycles. The Hall–Kier alpha value is -3.65. The molecule has 6 rings (SSSR count). The van der Waals surface area contributed by atoms with Crippen LogP contribution in [-0.2, 0) is 17.9 Å². The van der Waals surface area contributed by atoms with Crippen molar-refractivity contribution in [3.8, 4) is 23.3 Å². The third-order valence-corrected chi connectivity index (χ3v) is 7.69. The van der Waals surface area contributed by atoms with Crippen LogP contribution >= 0.6 is 23.2 Å². The number of rotatable bonds is 6. The Morgan fingerprint density at radius 2 is 2.11 bits per heavy atom. The molecule has 0 aliphatic carbocycles. The fourth-order valence-electron chi connectivity index (χ4n) is 5.12. The van der Waals surface area contributed by atoms with Gasteiger partial charge in [-0.05, 0) is 31.5 Å². The van der Waals surface area contributed by atoms with E-state index in [-0.39, 0.29) is 11.8 Å². The lowest BCUT2D eigenvalue weighted by molar-refractivity contribution is -0.132. The second-order valence-corrected chi connectivity index (χ2v) is 10.5. The van der Waals surface area contributed by atoms with Gasteiger partial charge >= 0.3 is 0 Å². The smallest absolute Gasteiger partial charge is 0.237 e. The van der Waals surface area contributed by atoms with Gasteiger partial charge in [-0.25, -0.2) is 4.98 Å². The van der Waals surface area contributed by atoms with E-state index in [0.717, 1.165) is 35.3 Å². The van der Waals surface area contributed by atoms with Crippen LogP contribution in [0.5, 0.6) is 5.75 Å². The van der Waals surface area contributed by atoms with Gasteiger partial charge in [0.1, 0.15) is 17.5 Å². The number of hydrogen-bond donors (Lipinski definition) is 2. The highest BCUT2D eigenvalue weighted by Crippen LogP contribution is 2.35. The maximum Gasteiger partial charge on any atom is 0.237 e. The molecule has 3 aromatic heterocycles. The molecule has 0 radical (unpaired) electrons. The summed E-state index contributed by atoms with van der Waals surface area (Å²) < 4.78 is 6.17. The monoisotopic (exact) mass is 550 g/mol. The molecule has 0 bridgehead atoms. The summed E-state index contributed by atoms with van der Waals surface area (Å²) in [7, 11) is 0. The number of carbonyl (C=O) groups is 1. The van der Waals surface area contributed by atoms with Crippen molar-refractivity contribution in [2.45, 2.75) is 32.5 Å². The van der Waals surface area contributed by atoms with E-state index in [4.69, 9.17) is 38.2 Å². The summed E-state index contributed by atoms with van der Waals surface area (Å²) in [6.45, 7) is 4.56. The Labute approximate surface area is 228 Å². The van der Waals surface area contributed by atoms with Crippen LogP contribution in [0.15, 0.2) is 30.6 Å². The summed E-state index contributed by atoms with van der Waals surface area (Å²) in [5, 5.41) is 18.4. The first-order valence-corrected chi connectivity index (χ1v) is 13.1. The molecule has 0 unspecified atom stereocenters. The van der Waals surface area contributed by atoms with E-state index in [1.54, 1.807) is 17.3 Å². The Kier molecular flexibility index (Phi) is 6.43. The maximum absolute atomic E-state index is 12.8. The van der Waals surface area contributed by atoms with Crippen molar-refractivity contribution in [3.05, 3.63) is 57.6 Å². The van der Waals surface area contributed by atoms with Crippen molar-refractivity contribution in [3.63, 3.8) is 0 Å². The number of ether oxygens (including phenoxy) is 1. The number of hydrogen-bond acceptors (Lipinski definition) is 7. The number of carbonyl (C=O) groups excluding carboxylic acids is 1. The number of H-pyrrole nitrogens is 2. The molecule has 194 valence electrons. The van der Waals surface area contributed by atoms with Gasteiger partial charge < -0.3 is 14.6 Å². The van der Waals surface area contributed by atoms with Crippen LogP contribution in [0.1, 0.15) is 36.4 Å². The molecule has 0 spiro atoms. The van der Waals surface area contributed by atoms with Crippen LogP contribution in [0.2, 0.25) is 10.0 Å². The molecule has 1 amide bonds. The van der Waals surface area contributed by atoms with Gasteiger partial charge in [-0.3, -0.25) is 19.8 Å². The second-order valence-electron chi connectivity index (χ2n) is 9.67. The van der Waals surface area contributed by atoms with Crippen LogP contribution in [-0.4, -0.2) is 60.5 Å². The quantitative estimate of drug-likeness (QED) is 0.362. The number of aromatic amines is 2. The topological polar surface area (TPSA) is 127 Å². The van der Waals surface area contributed by atoms with Gasteiger partial charge in [0, 0.05) is 36.4 Å². The van der Waals surface area contributed by atoms with Gasteiger partial charge in [0.05, 0.1) is 58.6 Å². The summed E-state index contributed by atoms with van der Waals surface area (Å²) in [6, 6.07) is 7.95. The van der Waals surface area contributed by atoms with Crippen molar-refractivity contribution in [1.82, 2.24) is 34.9 Å². The third-order valence-electron chi connectivity index (χ3n) is 7.09. The minimum absolute atomic E-state index is 0.0161. The van der Waals surface area contributed by atoms with Crippen LogP contribution in [0, 0.1) is 17.2 Å². The molecule has 38 heavy (non-hydrogen) atoms. The molecule has 1 saturated heterocycles. The summed E-state index contributed by atoms with van der Waals surface area (Å²) in [4.78, 5) is 28.8. The lowest BCUT2D eigenvalue weighted by Crippen LogP contribution is -2.37. The number of halogens is 2. The molecule has 2 aliphatic heterocycles. The number of fused-ring (bicyclic) bond motifs is 2. The predicted molar refractivity (Wildman–Crippen MR) is 141 cm³/mol. The average Bonchev–Trinajstić information content (AvgIpc) is 3.66. The Morgan fingerprint density at radius 1 is 1.29 bits per heavy atom. The van der Waals surface area contributed by atoms with Crippen LogP contribution < -0.4 is 4.74 Å². The number of imidazole rings is 1. The van der Waals surface area contributed by atoms with Crippen molar-refractivity contribution >= 4 is 40.0 Å². The summed E-state index contributed by atoms with van der Waals surface area (Å²) >= 11 is 12.6. The van der Waals surface area contributed by atoms with E-state index in [2.05, 4.69) is 31.1 Å². The zero-order chi connectivity index (χ0) is 26.4. The number of benzene rings is 1. The summed E-state index contributed by atoms with van der Waals surface area (Å²) in [5.41, 5.74) is 3.93. The maximum atomic E-state index is 12.8. The Bertz CT molecular complexity index is 1530. The van der Waals surface area contributed by atoms with Gasteiger partial charge in [-0.15, -0.1) is 0 Å². The van der Waals surface area contributed by atoms with Gasteiger partial charge in [-0.2, -0.15) is 10.4 Å². The molecule has 0 saturated carbocycles. The van der Waals surface area contributed by atoms with Crippen LogP contribution in [0.4, 0.5) is 0 Å². The van der Waals surface area contributed by atoms with Gasteiger partial charge in [-0.1, -0.05) is 23.2 Å². The zero-order valence-corrected chi connectivity index (χ0v) is 22.1. The highest BCUT2D eigenvalue weighted by molar-refractivity contribution is 6.35. The molecular weight excluding hydrogens is 527 g/mol. The highest BCUT2D eigenvalue weighted by Gasteiger charge is 2.31. The number of nitrogens with one attached hydrogen (secondary N) is 2. The van der Waals surface area contributed by atoms with Crippen molar-refractivity contribution in [1.29, 1.82) is 5.26 Å². The largest absolute Gasteiger partial charge is 0.486 e. The molecule has 5 heterocycles. The molecule has 1 fully saturated rings. The number of nitrogens with zero attached hydrogens (tertiary/aromatic N) is 6. The van der Waals surface area contributed by atoms with Gasteiger partial charge in [0.15, 0.2) is 5.82 Å². The van der Waals surface area contributed by atoms with E-state index < -0.39 is 6.10 Å². The van der Waals surface area contributed by atoms with Crippen LogP contribution in [0.3, 0.4) is 0 Å². The first-order valence-electron chi connectivity index (χ1n) is 12.3. The summed E-state index contributed by atoms with van der Waals surface area (Å²) in [5.74, 6) is 1.33. The SMILES string of the molecule is C[C@@H](Oc1ccc2[nH]nc(-c3nc4c([nH]3)CN(C(=O)CN3CC[C@@H](C#N)C3)C4)c2c1)c1c(Cl)cncc1Cl. The van der Waals surface area contributed by atoms with Crippen molar-refractivity contribution in [2.75, 3.05) is 19.6 Å². The molecule has 12 heteroatoms. The molecule has 4 aromatic rings. The van der Waals surface area contributed by atoms with Crippen molar-refractivity contribution in [2.24, 2.45) is 5.92 Å². The molecule has 2 aliphatic rings. The number of pyridine rings is 1. The van der Waals surface area contributed by atoms with Crippen molar-refractivity contribution < 1.29 is 9.53 Å². The number of amides is 1. The Balaban J connectivity index is 1.17. The number of nitriles is 1. The minimum atomic E-state index is -0.395. The highest BCUT2D eigenvalue weighted by atomic mass is 35.5. The lowest BCUT2D eigenvalue weighted by atomic mass is 10.1. The van der Waals surface area contributed by atoms with Gasteiger partial charge in [0.2, 0.25) is 5.91 Å². The number of likely N-dealkylation sites (tertiary alicyclic amines) is 1. The van der Waals surface area contributed by atoms with Crippen LogP contribution in [0.25, 0.3) is 22.4 Å². The van der Waals surface area contributed by atoms with E-state index in [9.17, 15) is 4.79 Å². The lowest BCUT2D eigenvalue weighted by Gasteiger charge is -2.20. The standard InChI is InChI=1S/C26H24Cl2N8O2/c1-14(24-18(27)8-30-9-19(24)28)38-16-2-3-20-17(6-16)25(34-33-20)26-31-21-11-36(12-22(21)32-26)23(37)13-35-5-4-15(7-29)10-35/h2-3,6,8-9,14-15H,4-5,10-13H2,1H3,(H,31,32)(H,33,34)/t14-,15+/m1/s1. The minimum Gasteiger partial charge on any atom is -0.486 e. The molecular formula is C26H24Cl2N8O2. The van der Waals surface area contributed by atoms with E-state index >= 15 is 0 Å². The fourth-order valence-corrected chi connectivity index (χ4v) is 5.79. The summed E-state index contributed by atoms with van der Waals surface area (Å²) in [6.07, 6.45) is 3.51. The molecule has 2 N–H and O–H groups in total. The second kappa shape index (κ2) is 9.91. The third kappa shape index (κ3) is 4.58. The zero-order valence-electron chi connectivity index (χ0n) is 20.5. The van der Waals surface area contributed by atoms with E-state index in [1.165, 1.54) is 0 Å². The first-order chi connectivity index (χ1) is 18.4. The molecule has 10 nitrogen and oxygen atoms in total. The first kappa shape index (κ1) is 24.7.